The Kier molecular flexibility index (Phi) is 6.17. The number of benzene rings is 1. The van der Waals surface area contributed by atoms with Gasteiger partial charge in [-0.15, -0.1) is 0 Å². The Balaban J connectivity index is 1.40. The summed E-state index contributed by atoms with van der Waals surface area (Å²) in [5.74, 6) is 0.423. The first kappa shape index (κ1) is 21.0. The van der Waals surface area contributed by atoms with Crippen LogP contribution in [0.3, 0.4) is 0 Å². The van der Waals surface area contributed by atoms with Gasteiger partial charge >= 0.3 is 0 Å². The lowest BCUT2D eigenvalue weighted by atomic mass is 9.98. The molecule has 8 heteroatoms. The van der Waals surface area contributed by atoms with Gasteiger partial charge in [0.1, 0.15) is 21.6 Å². The molecule has 1 atom stereocenters. The largest absolute Gasteiger partial charge is 0.381 e. The maximum atomic E-state index is 13.2. The summed E-state index contributed by atoms with van der Waals surface area (Å²) in [6, 6.07) is 12.5. The number of rotatable bonds is 5. The second kappa shape index (κ2) is 8.83. The molecule has 1 amide bonds. The van der Waals surface area contributed by atoms with Gasteiger partial charge in [0.15, 0.2) is 0 Å². The minimum atomic E-state index is -1.45. The molecule has 2 saturated heterocycles. The lowest BCUT2D eigenvalue weighted by Crippen LogP contribution is -2.58. The molecule has 2 fully saturated rings. The smallest absolute Gasteiger partial charge is 0.237 e. The van der Waals surface area contributed by atoms with E-state index in [2.05, 4.69) is 47.1 Å². The molecule has 7 nitrogen and oxygen atoms in total. The van der Waals surface area contributed by atoms with Crippen LogP contribution in [0.4, 0.5) is 5.82 Å². The van der Waals surface area contributed by atoms with Crippen LogP contribution in [0.2, 0.25) is 0 Å². The van der Waals surface area contributed by atoms with Crippen molar-refractivity contribution in [2.75, 3.05) is 44.3 Å². The highest BCUT2D eigenvalue weighted by Gasteiger charge is 2.47. The first-order valence-corrected chi connectivity index (χ1v) is 11.4. The number of ether oxygens (including phenoxy) is 1. The molecule has 2 aliphatic rings. The Morgan fingerprint density at radius 2 is 1.67 bits per heavy atom. The Hall–Kier alpha value is -2.29. The third-order valence-corrected chi connectivity index (χ3v) is 8.13. The zero-order valence-corrected chi connectivity index (χ0v) is 18.1. The van der Waals surface area contributed by atoms with Gasteiger partial charge in [-0.1, -0.05) is 29.8 Å². The lowest BCUT2D eigenvalue weighted by Gasteiger charge is -2.41. The van der Waals surface area contributed by atoms with Crippen molar-refractivity contribution >= 4 is 22.7 Å². The van der Waals surface area contributed by atoms with Crippen molar-refractivity contribution in [1.29, 1.82) is 0 Å². The van der Waals surface area contributed by atoms with Crippen molar-refractivity contribution in [1.82, 2.24) is 9.29 Å². The van der Waals surface area contributed by atoms with E-state index in [1.165, 1.54) is 5.56 Å². The number of piperazine rings is 1. The number of carbonyl (C=O) groups is 1. The Morgan fingerprint density at radius 3 is 2.23 bits per heavy atom. The van der Waals surface area contributed by atoms with Crippen molar-refractivity contribution in [3.63, 3.8) is 0 Å². The predicted molar refractivity (Wildman–Crippen MR) is 118 cm³/mol. The number of pyridine rings is 1. The number of carbonyl (C=O) groups excluding carboxylic acids is 1. The average Bonchev–Trinajstić information content (AvgIpc) is 2.80. The van der Waals surface area contributed by atoms with E-state index >= 15 is 0 Å². The number of nitrogens with two attached hydrogens (primary N) is 1. The van der Waals surface area contributed by atoms with Gasteiger partial charge in [0.25, 0.3) is 0 Å². The summed E-state index contributed by atoms with van der Waals surface area (Å²) in [6.45, 7) is 5.53. The summed E-state index contributed by atoms with van der Waals surface area (Å²) in [7, 11) is -1.45. The molecule has 0 saturated carbocycles. The van der Waals surface area contributed by atoms with Crippen molar-refractivity contribution in [3.8, 4) is 11.1 Å². The molecule has 1 aromatic heterocycles. The molecule has 3 heterocycles. The van der Waals surface area contributed by atoms with E-state index < -0.39 is 21.6 Å². The summed E-state index contributed by atoms with van der Waals surface area (Å²) in [5.41, 5.74) is 9.13. The van der Waals surface area contributed by atoms with E-state index in [0.29, 0.717) is 52.2 Å². The van der Waals surface area contributed by atoms with Crippen LogP contribution in [0.25, 0.3) is 11.1 Å². The monoisotopic (exact) mass is 428 g/mol. The Labute approximate surface area is 179 Å². The van der Waals surface area contributed by atoms with E-state index in [1.807, 2.05) is 16.6 Å². The van der Waals surface area contributed by atoms with Crippen LogP contribution >= 0.6 is 0 Å². The fourth-order valence-corrected chi connectivity index (χ4v) is 5.71. The molecule has 160 valence electrons. The van der Waals surface area contributed by atoms with Crippen molar-refractivity contribution < 1.29 is 13.7 Å². The minimum absolute atomic E-state index is 0.414. The molecule has 0 aliphatic carbocycles. The van der Waals surface area contributed by atoms with Gasteiger partial charge in [-0.2, -0.15) is 0 Å². The maximum Gasteiger partial charge on any atom is 0.237 e. The molecule has 30 heavy (non-hydrogen) atoms. The predicted octanol–water partition coefficient (Wildman–Crippen LogP) is 1.88. The lowest BCUT2D eigenvalue weighted by molar-refractivity contribution is -0.122. The zero-order chi connectivity index (χ0) is 21.1. The summed E-state index contributed by atoms with van der Waals surface area (Å²) in [6.07, 6.45) is 2.73. The molecular formula is C22H28N4O3S. The zero-order valence-electron chi connectivity index (χ0n) is 17.3. The van der Waals surface area contributed by atoms with Crippen LogP contribution in [0.5, 0.6) is 0 Å². The van der Waals surface area contributed by atoms with Gasteiger partial charge in [0, 0.05) is 51.2 Å². The van der Waals surface area contributed by atoms with Crippen LogP contribution in [-0.4, -0.2) is 63.5 Å². The highest BCUT2D eigenvalue weighted by Crippen LogP contribution is 2.30. The molecule has 0 bridgehead atoms. The first-order valence-electron chi connectivity index (χ1n) is 10.3. The quantitative estimate of drug-likeness (QED) is 0.786. The number of primary amides is 1. The van der Waals surface area contributed by atoms with E-state index in [9.17, 15) is 9.00 Å². The minimum Gasteiger partial charge on any atom is -0.381 e. The second-order valence-corrected chi connectivity index (χ2v) is 9.70. The van der Waals surface area contributed by atoms with Crippen molar-refractivity contribution in [3.05, 3.63) is 48.2 Å². The van der Waals surface area contributed by atoms with Gasteiger partial charge in [-0.25, -0.2) is 13.5 Å². The van der Waals surface area contributed by atoms with Crippen LogP contribution in [-0.2, 0) is 20.5 Å². The maximum absolute atomic E-state index is 13.2. The number of aromatic nitrogens is 1. The van der Waals surface area contributed by atoms with E-state index in [1.54, 1.807) is 0 Å². The fourth-order valence-electron chi connectivity index (χ4n) is 4.03. The molecule has 2 aromatic rings. The second-order valence-electron chi connectivity index (χ2n) is 7.91. The summed E-state index contributed by atoms with van der Waals surface area (Å²) in [4.78, 5) is 19.0. The third kappa shape index (κ3) is 4.12. The van der Waals surface area contributed by atoms with Gasteiger partial charge in [-0.05, 0) is 37.5 Å². The number of hydrogen-bond donors (Lipinski definition) is 1. The average molecular weight is 429 g/mol. The van der Waals surface area contributed by atoms with Gasteiger partial charge in [0.05, 0.1) is 0 Å². The van der Waals surface area contributed by atoms with E-state index in [0.717, 1.165) is 16.9 Å². The Bertz CT molecular complexity index is 903. The van der Waals surface area contributed by atoms with E-state index in [4.69, 9.17) is 10.5 Å². The number of anilines is 1. The van der Waals surface area contributed by atoms with Gasteiger partial charge in [0.2, 0.25) is 5.91 Å². The first-order chi connectivity index (χ1) is 14.5. The molecule has 1 unspecified atom stereocenters. The van der Waals surface area contributed by atoms with Gasteiger partial charge in [-0.3, -0.25) is 4.79 Å². The van der Waals surface area contributed by atoms with Crippen molar-refractivity contribution in [2.24, 2.45) is 5.73 Å². The number of hydrogen-bond acceptors (Lipinski definition) is 5. The molecule has 0 spiro atoms. The summed E-state index contributed by atoms with van der Waals surface area (Å²) >= 11 is 0. The number of amides is 1. The van der Waals surface area contributed by atoms with Gasteiger partial charge < -0.3 is 15.4 Å². The van der Waals surface area contributed by atoms with Crippen LogP contribution in [0.15, 0.2) is 42.6 Å². The molecule has 4 rings (SSSR count). The molecule has 2 N–H and O–H groups in total. The Morgan fingerprint density at radius 1 is 1.03 bits per heavy atom. The van der Waals surface area contributed by atoms with E-state index in [-0.39, 0.29) is 0 Å². The summed E-state index contributed by atoms with van der Waals surface area (Å²) in [5, 5.41) is 0. The fraction of sp³-hybridized carbons (Fsp3) is 0.455. The molecule has 0 radical (unpaired) electrons. The van der Waals surface area contributed by atoms with Crippen LogP contribution in [0.1, 0.15) is 18.4 Å². The number of aryl methyl sites for hydroxylation is 1. The molecule has 2 aliphatic heterocycles. The van der Waals surface area contributed by atoms with Crippen molar-refractivity contribution in [2.45, 2.75) is 24.5 Å². The third-order valence-electron chi connectivity index (χ3n) is 6.01. The standard InChI is InChI=1S/C22H28N4O3S/c1-17-2-4-18(5-3-17)19-6-7-20(24-16-19)25-10-12-26(13-11-25)30(28)22(21(23)27)8-14-29-15-9-22/h2-7,16H,8-15H2,1H3,(H2,23,27). The highest BCUT2D eigenvalue weighted by atomic mass is 32.2. The normalized spacial score (nSPS) is 20.6. The van der Waals surface area contributed by atoms with Crippen LogP contribution < -0.4 is 10.6 Å². The molecule has 1 aromatic carbocycles. The number of nitrogens with zero attached hydrogens (tertiary/aromatic N) is 3. The highest BCUT2D eigenvalue weighted by molar-refractivity contribution is 7.85. The topological polar surface area (TPSA) is 88.8 Å². The van der Waals surface area contributed by atoms with Crippen LogP contribution in [0, 0.1) is 6.92 Å². The molecular weight excluding hydrogens is 400 g/mol. The SMILES string of the molecule is Cc1ccc(-c2ccc(N3CCN(S(=O)C4(C(N)=O)CCOCC4)CC3)nc2)cc1. The summed E-state index contributed by atoms with van der Waals surface area (Å²) < 4.78 is 19.5.